The molecular formula is C24H24N4O2S2. The molecule has 0 aliphatic heterocycles. The van der Waals surface area contributed by atoms with Gasteiger partial charge in [-0.3, -0.25) is 14.2 Å². The normalized spacial score (nSPS) is 12.1. The van der Waals surface area contributed by atoms with Crippen LogP contribution in [0.4, 0.5) is 0 Å². The van der Waals surface area contributed by atoms with Gasteiger partial charge in [-0.25, -0.2) is 0 Å². The smallest absolute Gasteiger partial charge is 0.196 e. The van der Waals surface area contributed by atoms with Gasteiger partial charge in [0.05, 0.1) is 10.9 Å². The second-order valence-corrected chi connectivity index (χ2v) is 9.97. The number of hydrogen-bond donors (Lipinski definition) is 1. The first kappa shape index (κ1) is 22.2. The maximum Gasteiger partial charge on any atom is 0.196 e. The van der Waals surface area contributed by atoms with Gasteiger partial charge in [-0.2, -0.15) is 0 Å². The molecule has 0 radical (unpaired) electrons. The molecular weight excluding hydrogens is 440 g/mol. The summed E-state index contributed by atoms with van der Waals surface area (Å²) in [7, 11) is 0. The number of carbonyl (C=O) groups excluding carboxylic acids is 2. The number of hydrogen-bond acceptors (Lipinski definition) is 6. The fourth-order valence-electron chi connectivity index (χ4n) is 3.84. The maximum absolute atomic E-state index is 13.2. The van der Waals surface area contributed by atoms with E-state index in [1.54, 1.807) is 11.3 Å². The number of rotatable bonds is 8. The van der Waals surface area contributed by atoms with E-state index in [0.29, 0.717) is 28.4 Å². The molecule has 0 bridgehead atoms. The highest BCUT2D eigenvalue weighted by Gasteiger charge is 2.26. The highest BCUT2D eigenvalue weighted by atomic mass is 32.2. The van der Waals surface area contributed by atoms with E-state index in [-0.39, 0.29) is 11.6 Å². The van der Waals surface area contributed by atoms with E-state index in [4.69, 9.17) is 0 Å². The number of benzene rings is 1. The lowest BCUT2D eigenvalue weighted by Crippen LogP contribution is -2.16. The van der Waals surface area contributed by atoms with Gasteiger partial charge in [0.25, 0.3) is 0 Å². The van der Waals surface area contributed by atoms with E-state index in [2.05, 4.69) is 21.2 Å². The third kappa shape index (κ3) is 4.33. The van der Waals surface area contributed by atoms with E-state index in [1.165, 1.54) is 23.6 Å². The number of H-pyrrole nitrogens is 1. The highest BCUT2D eigenvalue weighted by molar-refractivity contribution is 8.00. The monoisotopic (exact) mass is 464 g/mol. The zero-order chi connectivity index (χ0) is 22.8. The molecule has 1 atom stereocenters. The number of thiophene rings is 1. The highest BCUT2D eigenvalue weighted by Crippen LogP contribution is 2.30. The fraction of sp³-hybridized carbons (Fsp3) is 0.250. The SMILES string of the molecule is CC(=O)c1c(C)[nH]c(C(=O)[C@@H](C)Sc2nnc(Cc3cccs3)n2-c2ccccc2)c1C. The van der Waals surface area contributed by atoms with Crippen LogP contribution in [-0.4, -0.2) is 36.6 Å². The Morgan fingerprint density at radius 3 is 2.50 bits per heavy atom. The summed E-state index contributed by atoms with van der Waals surface area (Å²) in [6.07, 6.45) is 0.666. The lowest BCUT2D eigenvalue weighted by Gasteiger charge is -2.13. The standard InChI is InChI=1S/C24H24N4O2S2/c1-14-21(16(3)29)15(2)25-22(14)23(30)17(4)32-24-27-26-20(13-19-11-8-12-31-19)28(24)18-9-6-5-7-10-18/h5-12,17,25H,13H2,1-4H3/t17-/m1/s1. The van der Waals surface area contributed by atoms with Crippen LogP contribution in [0.2, 0.25) is 0 Å². The Morgan fingerprint density at radius 1 is 1.12 bits per heavy atom. The molecule has 1 aromatic carbocycles. The zero-order valence-electron chi connectivity index (χ0n) is 18.4. The van der Waals surface area contributed by atoms with Crippen LogP contribution in [0.25, 0.3) is 5.69 Å². The lowest BCUT2D eigenvalue weighted by molar-refractivity contribution is 0.0988. The lowest BCUT2D eigenvalue weighted by atomic mass is 10.0. The first-order valence-corrected chi connectivity index (χ1v) is 12.1. The van der Waals surface area contributed by atoms with Gasteiger partial charge >= 0.3 is 0 Å². The quantitative estimate of drug-likeness (QED) is 0.278. The van der Waals surface area contributed by atoms with Gasteiger partial charge in [0, 0.05) is 28.2 Å². The number of aryl methyl sites for hydroxylation is 1. The molecule has 0 amide bonds. The van der Waals surface area contributed by atoms with Gasteiger partial charge in [0.15, 0.2) is 16.7 Å². The van der Waals surface area contributed by atoms with Crippen molar-refractivity contribution in [3.8, 4) is 5.69 Å². The first-order valence-electron chi connectivity index (χ1n) is 10.3. The van der Waals surface area contributed by atoms with E-state index in [0.717, 1.165) is 17.2 Å². The molecule has 8 heteroatoms. The van der Waals surface area contributed by atoms with E-state index in [9.17, 15) is 9.59 Å². The zero-order valence-corrected chi connectivity index (χ0v) is 20.0. The summed E-state index contributed by atoms with van der Waals surface area (Å²) in [6.45, 7) is 7.02. The van der Waals surface area contributed by atoms with Crippen molar-refractivity contribution in [3.05, 3.63) is 81.1 Å². The minimum atomic E-state index is -0.409. The summed E-state index contributed by atoms with van der Waals surface area (Å²) in [5, 5.41) is 11.2. The Bertz CT molecular complexity index is 1260. The van der Waals surface area contributed by atoms with Crippen molar-refractivity contribution in [1.82, 2.24) is 19.7 Å². The number of carbonyl (C=O) groups is 2. The van der Waals surface area contributed by atoms with Gasteiger partial charge in [0.2, 0.25) is 0 Å². The Kier molecular flexibility index (Phi) is 6.43. The average molecular weight is 465 g/mol. The van der Waals surface area contributed by atoms with E-state index in [1.807, 2.05) is 67.1 Å². The largest absolute Gasteiger partial charge is 0.355 e. The molecule has 0 fully saturated rings. The topological polar surface area (TPSA) is 80.6 Å². The van der Waals surface area contributed by atoms with Gasteiger partial charge in [0.1, 0.15) is 5.82 Å². The number of nitrogens with zero attached hydrogens (tertiary/aromatic N) is 3. The van der Waals surface area contributed by atoms with Crippen molar-refractivity contribution in [1.29, 1.82) is 0 Å². The van der Waals surface area contributed by atoms with Crippen LogP contribution in [0.1, 0.15) is 56.7 Å². The third-order valence-electron chi connectivity index (χ3n) is 5.31. The van der Waals surface area contributed by atoms with E-state index < -0.39 is 5.25 Å². The molecule has 0 aliphatic rings. The Morgan fingerprint density at radius 2 is 1.88 bits per heavy atom. The molecule has 0 saturated carbocycles. The molecule has 3 heterocycles. The summed E-state index contributed by atoms with van der Waals surface area (Å²) < 4.78 is 2.02. The molecule has 1 N–H and O–H groups in total. The van der Waals surface area contributed by atoms with Crippen LogP contribution < -0.4 is 0 Å². The molecule has 0 spiro atoms. The van der Waals surface area contributed by atoms with Gasteiger partial charge in [-0.15, -0.1) is 21.5 Å². The average Bonchev–Trinajstić information content (AvgIpc) is 3.48. The van der Waals surface area contributed by atoms with E-state index >= 15 is 0 Å². The third-order valence-corrected chi connectivity index (χ3v) is 7.23. The van der Waals surface area contributed by atoms with Crippen LogP contribution >= 0.6 is 23.1 Å². The summed E-state index contributed by atoms with van der Waals surface area (Å²) in [4.78, 5) is 29.5. The molecule has 164 valence electrons. The van der Waals surface area contributed by atoms with Gasteiger partial charge in [-0.1, -0.05) is 36.0 Å². The molecule has 3 aromatic heterocycles. The molecule has 0 aliphatic carbocycles. The minimum Gasteiger partial charge on any atom is -0.355 e. The number of Topliss-reactive ketones (excluding diaryl/α,β-unsaturated/α-hetero) is 2. The summed E-state index contributed by atoms with van der Waals surface area (Å²) in [5.41, 5.74) is 3.46. The molecule has 0 unspecified atom stereocenters. The molecule has 6 nitrogen and oxygen atoms in total. The van der Waals surface area contributed by atoms with Crippen LogP contribution in [0.5, 0.6) is 0 Å². The number of aromatic nitrogens is 4. The van der Waals surface area contributed by atoms with Crippen LogP contribution in [0.15, 0.2) is 53.0 Å². The second kappa shape index (κ2) is 9.26. The summed E-state index contributed by atoms with van der Waals surface area (Å²) in [6, 6.07) is 14.0. The molecule has 4 rings (SSSR count). The Hall–Kier alpha value is -2.97. The Labute approximate surface area is 195 Å². The van der Waals surface area contributed by atoms with Crippen molar-refractivity contribution in [2.45, 2.75) is 44.5 Å². The van der Waals surface area contributed by atoms with Crippen molar-refractivity contribution in [2.24, 2.45) is 0 Å². The molecule has 32 heavy (non-hydrogen) atoms. The molecule has 4 aromatic rings. The predicted molar refractivity (Wildman–Crippen MR) is 128 cm³/mol. The summed E-state index contributed by atoms with van der Waals surface area (Å²) >= 11 is 3.05. The first-order chi connectivity index (χ1) is 15.4. The number of ketones is 2. The number of thioether (sulfide) groups is 1. The van der Waals surface area contributed by atoms with Crippen molar-refractivity contribution in [3.63, 3.8) is 0 Å². The van der Waals surface area contributed by atoms with Crippen LogP contribution in [0.3, 0.4) is 0 Å². The number of para-hydroxylation sites is 1. The Balaban J connectivity index is 1.65. The van der Waals surface area contributed by atoms with Crippen LogP contribution in [-0.2, 0) is 6.42 Å². The van der Waals surface area contributed by atoms with Crippen molar-refractivity contribution in [2.75, 3.05) is 0 Å². The van der Waals surface area contributed by atoms with Crippen LogP contribution in [0, 0.1) is 13.8 Å². The minimum absolute atomic E-state index is 0.0438. The van der Waals surface area contributed by atoms with Crippen molar-refractivity contribution < 1.29 is 9.59 Å². The number of nitrogens with one attached hydrogen (secondary N) is 1. The fourth-order valence-corrected chi connectivity index (χ4v) is 5.48. The maximum atomic E-state index is 13.2. The predicted octanol–water partition coefficient (Wildman–Crippen LogP) is 5.43. The second-order valence-electron chi connectivity index (χ2n) is 7.63. The summed E-state index contributed by atoms with van der Waals surface area (Å²) in [5.74, 6) is 0.717. The molecule has 0 saturated heterocycles. The number of aromatic amines is 1. The van der Waals surface area contributed by atoms with Gasteiger partial charge in [-0.05, 0) is 56.8 Å². The van der Waals surface area contributed by atoms with Gasteiger partial charge < -0.3 is 4.98 Å². The van der Waals surface area contributed by atoms with Crippen molar-refractivity contribution >= 4 is 34.7 Å².